The van der Waals surface area contributed by atoms with Crippen molar-refractivity contribution in [1.82, 2.24) is 20.1 Å². The number of likely N-dealkylation sites (N-methyl/N-ethyl adjacent to an activating group) is 1. The van der Waals surface area contributed by atoms with Crippen molar-refractivity contribution in [2.24, 2.45) is 0 Å². The van der Waals surface area contributed by atoms with Gasteiger partial charge in [0, 0.05) is 13.5 Å². The normalized spacial score (nSPS) is 21.5. The number of aryl methyl sites for hydroxylation is 1. The number of aromatic nitrogens is 3. The molecule has 8 nitrogen and oxygen atoms in total. The van der Waals surface area contributed by atoms with Gasteiger partial charge in [-0.25, -0.2) is 9.67 Å². The number of hydrogen-bond donors (Lipinski definition) is 2. The molecule has 0 aliphatic carbocycles. The van der Waals surface area contributed by atoms with Gasteiger partial charge in [-0.2, -0.15) is 5.10 Å². The Balaban J connectivity index is 1.33. The first-order valence-corrected chi connectivity index (χ1v) is 10.1. The first-order valence-electron chi connectivity index (χ1n) is 10.1. The second-order valence-electron chi connectivity index (χ2n) is 7.59. The number of ether oxygens (including phenoxy) is 1. The Labute approximate surface area is 174 Å². The lowest BCUT2D eigenvalue weighted by Crippen LogP contribution is -2.48. The van der Waals surface area contributed by atoms with Gasteiger partial charge in [0.25, 0.3) is 0 Å². The summed E-state index contributed by atoms with van der Waals surface area (Å²) in [4.78, 5) is 18.9. The van der Waals surface area contributed by atoms with Crippen molar-refractivity contribution >= 4 is 11.6 Å². The molecular formula is C22H23N5O3. The van der Waals surface area contributed by atoms with Gasteiger partial charge in [0.05, 0.1) is 11.7 Å². The molecule has 5 rings (SSSR count). The van der Waals surface area contributed by atoms with E-state index in [-0.39, 0.29) is 24.4 Å². The highest BCUT2D eigenvalue weighted by molar-refractivity contribution is 5.98. The van der Waals surface area contributed by atoms with Crippen molar-refractivity contribution in [3.8, 4) is 5.75 Å². The molecule has 0 saturated heterocycles. The molecule has 3 aromatic rings. The van der Waals surface area contributed by atoms with E-state index in [9.17, 15) is 9.90 Å². The predicted octanol–water partition coefficient (Wildman–Crippen LogP) is 1.82. The molecule has 1 amide bonds. The standard InChI is InChI=1S/C22H23N5O3/c1-26-17-9-5-6-10-18(17)30-13-15(22(26)29)23-21(28)20-24-19-12-11-16(27(19)25-20)14-7-3-2-4-8-14/h2-10,15-16,21,23,28H,11-13H2,1H3/t15-,16+,21?/m0/s1. The molecule has 2 aliphatic heterocycles. The molecule has 0 fully saturated rings. The molecule has 2 aliphatic rings. The van der Waals surface area contributed by atoms with E-state index in [1.807, 2.05) is 47.1 Å². The Morgan fingerprint density at radius 3 is 2.77 bits per heavy atom. The Morgan fingerprint density at radius 1 is 1.17 bits per heavy atom. The number of aliphatic hydroxyl groups excluding tert-OH is 1. The third-order valence-electron chi connectivity index (χ3n) is 5.70. The van der Waals surface area contributed by atoms with E-state index < -0.39 is 12.3 Å². The van der Waals surface area contributed by atoms with Crippen molar-refractivity contribution in [1.29, 1.82) is 0 Å². The highest BCUT2D eigenvalue weighted by Crippen LogP contribution is 2.32. The van der Waals surface area contributed by atoms with E-state index in [0.29, 0.717) is 11.4 Å². The van der Waals surface area contributed by atoms with Crippen LogP contribution >= 0.6 is 0 Å². The Morgan fingerprint density at radius 2 is 1.93 bits per heavy atom. The number of fused-ring (bicyclic) bond motifs is 2. The summed E-state index contributed by atoms with van der Waals surface area (Å²) in [7, 11) is 1.70. The molecule has 2 N–H and O–H groups in total. The number of nitrogens with one attached hydrogen (secondary N) is 1. The van der Waals surface area contributed by atoms with Crippen LogP contribution in [-0.2, 0) is 11.2 Å². The second kappa shape index (κ2) is 7.55. The zero-order valence-corrected chi connectivity index (χ0v) is 16.6. The Kier molecular flexibility index (Phi) is 4.72. The number of amides is 1. The number of benzene rings is 2. The Hall–Kier alpha value is -3.23. The smallest absolute Gasteiger partial charge is 0.247 e. The van der Waals surface area contributed by atoms with E-state index in [4.69, 9.17) is 4.74 Å². The lowest BCUT2D eigenvalue weighted by molar-refractivity contribution is -0.121. The van der Waals surface area contributed by atoms with Gasteiger partial charge >= 0.3 is 0 Å². The van der Waals surface area contributed by atoms with Gasteiger partial charge in [-0.3, -0.25) is 10.1 Å². The summed E-state index contributed by atoms with van der Waals surface area (Å²) in [6.45, 7) is 0.109. The van der Waals surface area contributed by atoms with Gasteiger partial charge in [0.2, 0.25) is 5.91 Å². The van der Waals surface area contributed by atoms with Gasteiger partial charge < -0.3 is 14.7 Å². The molecule has 2 aromatic carbocycles. The minimum absolute atomic E-state index is 0.109. The average Bonchev–Trinajstić information content (AvgIpc) is 3.34. The molecular weight excluding hydrogens is 382 g/mol. The number of rotatable bonds is 4. The van der Waals surface area contributed by atoms with E-state index >= 15 is 0 Å². The molecule has 0 radical (unpaired) electrons. The van der Waals surface area contributed by atoms with Gasteiger partial charge in [0.1, 0.15) is 24.2 Å². The molecule has 0 bridgehead atoms. The maximum absolute atomic E-state index is 12.9. The van der Waals surface area contributed by atoms with Crippen molar-refractivity contribution in [3.05, 3.63) is 71.8 Å². The number of carbonyl (C=O) groups is 1. The number of hydrogen-bond acceptors (Lipinski definition) is 6. The minimum atomic E-state index is -1.17. The van der Waals surface area contributed by atoms with Gasteiger partial charge in [-0.1, -0.05) is 42.5 Å². The molecule has 1 unspecified atom stereocenters. The molecule has 8 heteroatoms. The quantitative estimate of drug-likeness (QED) is 0.644. The maximum atomic E-state index is 12.9. The largest absolute Gasteiger partial charge is 0.489 e. The summed E-state index contributed by atoms with van der Waals surface area (Å²) in [5.41, 5.74) is 1.87. The van der Waals surface area contributed by atoms with Crippen LogP contribution in [0.4, 0.5) is 5.69 Å². The third-order valence-corrected chi connectivity index (χ3v) is 5.70. The van der Waals surface area contributed by atoms with Crippen molar-refractivity contribution in [2.45, 2.75) is 31.2 Å². The third kappa shape index (κ3) is 3.24. The summed E-state index contributed by atoms with van der Waals surface area (Å²) in [5, 5.41) is 18.2. The van der Waals surface area contributed by atoms with E-state index in [0.717, 1.165) is 18.7 Å². The molecule has 0 saturated carbocycles. The zero-order chi connectivity index (χ0) is 20.7. The summed E-state index contributed by atoms with van der Waals surface area (Å²) < 4.78 is 7.67. The lowest BCUT2D eigenvalue weighted by atomic mass is 10.1. The fraction of sp³-hybridized carbons (Fsp3) is 0.318. The first kappa shape index (κ1) is 18.8. The lowest BCUT2D eigenvalue weighted by Gasteiger charge is -2.22. The van der Waals surface area contributed by atoms with E-state index in [1.165, 1.54) is 5.56 Å². The number of aliphatic hydroxyl groups is 1. The van der Waals surface area contributed by atoms with Crippen molar-refractivity contribution < 1.29 is 14.6 Å². The van der Waals surface area contributed by atoms with Crippen molar-refractivity contribution in [2.75, 3.05) is 18.6 Å². The molecule has 154 valence electrons. The average molecular weight is 405 g/mol. The van der Waals surface area contributed by atoms with Crippen molar-refractivity contribution in [3.63, 3.8) is 0 Å². The molecule has 3 atom stereocenters. The fourth-order valence-electron chi connectivity index (χ4n) is 4.12. The van der Waals surface area contributed by atoms with Crippen LogP contribution < -0.4 is 15.0 Å². The summed E-state index contributed by atoms with van der Waals surface area (Å²) in [6.07, 6.45) is 0.552. The SMILES string of the molecule is CN1C(=O)[C@@H](NC(O)c2nc3n(n2)[C@@H](c2ccccc2)CC3)COc2ccccc21. The number of carbonyl (C=O) groups excluding carboxylic acids is 1. The summed E-state index contributed by atoms with van der Waals surface area (Å²) in [5.74, 6) is 1.56. The number of nitrogens with zero attached hydrogens (tertiary/aromatic N) is 4. The van der Waals surface area contributed by atoms with Gasteiger partial charge in [-0.05, 0) is 24.1 Å². The minimum Gasteiger partial charge on any atom is -0.489 e. The van der Waals surface area contributed by atoms with Crippen LogP contribution in [-0.4, -0.2) is 45.5 Å². The van der Waals surface area contributed by atoms with Crippen LogP contribution in [0.2, 0.25) is 0 Å². The molecule has 0 spiro atoms. The summed E-state index contributed by atoms with van der Waals surface area (Å²) >= 11 is 0. The van der Waals surface area contributed by atoms with Crippen LogP contribution in [0, 0.1) is 0 Å². The van der Waals surface area contributed by atoms with Crippen LogP contribution in [0.1, 0.15) is 35.9 Å². The number of para-hydroxylation sites is 2. The number of anilines is 1. The topological polar surface area (TPSA) is 92.5 Å². The summed E-state index contributed by atoms with van der Waals surface area (Å²) in [6, 6.07) is 16.9. The molecule has 1 aromatic heterocycles. The molecule has 30 heavy (non-hydrogen) atoms. The second-order valence-corrected chi connectivity index (χ2v) is 7.59. The molecule has 3 heterocycles. The predicted molar refractivity (Wildman–Crippen MR) is 110 cm³/mol. The monoisotopic (exact) mass is 405 g/mol. The van der Waals surface area contributed by atoms with E-state index in [1.54, 1.807) is 11.9 Å². The van der Waals surface area contributed by atoms with Crippen LogP contribution in [0.3, 0.4) is 0 Å². The highest BCUT2D eigenvalue weighted by Gasteiger charge is 2.33. The Bertz CT molecular complexity index is 1070. The zero-order valence-electron chi connectivity index (χ0n) is 16.6. The highest BCUT2D eigenvalue weighted by atomic mass is 16.5. The van der Waals surface area contributed by atoms with Gasteiger partial charge in [-0.15, -0.1) is 0 Å². The van der Waals surface area contributed by atoms with Crippen LogP contribution in [0.25, 0.3) is 0 Å². The van der Waals surface area contributed by atoms with Crippen LogP contribution in [0.15, 0.2) is 54.6 Å². The van der Waals surface area contributed by atoms with E-state index in [2.05, 4.69) is 27.5 Å². The first-order chi connectivity index (χ1) is 14.6. The van der Waals surface area contributed by atoms with Gasteiger partial charge in [0.15, 0.2) is 12.1 Å². The fourth-order valence-corrected chi connectivity index (χ4v) is 4.12. The van der Waals surface area contributed by atoms with Crippen LogP contribution in [0.5, 0.6) is 5.75 Å². The maximum Gasteiger partial charge on any atom is 0.247 e.